The van der Waals surface area contributed by atoms with Crippen LogP contribution in [-0.2, 0) is 0 Å². The fourth-order valence-corrected chi connectivity index (χ4v) is 4.29. The standard InChI is InChI=1S/C25H20F2N4/c1-14-6-5-9-17(23(14)15-7-3-2-4-8-15)21-12-22(28)31-25(30-21)19-13-29-24-18(19)10-16(26)11-20(24)27/h2-14,23,29H,1H3,(H2,28,30,31). The van der Waals surface area contributed by atoms with E-state index < -0.39 is 11.6 Å². The molecule has 4 aromatic rings. The van der Waals surface area contributed by atoms with Gasteiger partial charge in [0.15, 0.2) is 5.82 Å². The summed E-state index contributed by atoms with van der Waals surface area (Å²) in [5.41, 5.74) is 9.74. The molecule has 0 fully saturated rings. The average Bonchev–Trinajstić information content (AvgIpc) is 3.18. The van der Waals surface area contributed by atoms with E-state index in [0.29, 0.717) is 28.3 Å². The van der Waals surface area contributed by atoms with E-state index in [1.54, 1.807) is 12.3 Å². The molecule has 31 heavy (non-hydrogen) atoms. The van der Waals surface area contributed by atoms with Crippen LogP contribution in [0.15, 0.2) is 73.0 Å². The molecule has 0 amide bonds. The minimum absolute atomic E-state index is 0.103. The Labute approximate surface area is 178 Å². The highest BCUT2D eigenvalue weighted by Crippen LogP contribution is 2.41. The molecule has 0 saturated heterocycles. The number of aromatic amines is 1. The molecule has 0 bridgehead atoms. The van der Waals surface area contributed by atoms with Crippen LogP contribution < -0.4 is 5.73 Å². The maximum atomic E-state index is 14.2. The minimum Gasteiger partial charge on any atom is -0.384 e. The normalized spacial score (nSPS) is 18.4. The molecule has 2 unspecified atom stereocenters. The summed E-state index contributed by atoms with van der Waals surface area (Å²) in [6.45, 7) is 2.16. The van der Waals surface area contributed by atoms with Crippen molar-refractivity contribution >= 4 is 22.3 Å². The van der Waals surface area contributed by atoms with Crippen LogP contribution in [0.2, 0.25) is 0 Å². The van der Waals surface area contributed by atoms with Crippen LogP contribution in [0.3, 0.4) is 0 Å². The number of hydrogen-bond acceptors (Lipinski definition) is 3. The smallest absolute Gasteiger partial charge is 0.164 e. The molecule has 154 valence electrons. The van der Waals surface area contributed by atoms with Crippen molar-refractivity contribution < 1.29 is 8.78 Å². The molecule has 5 rings (SSSR count). The highest BCUT2D eigenvalue weighted by atomic mass is 19.1. The zero-order valence-corrected chi connectivity index (χ0v) is 16.8. The van der Waals surface area contributed by atoms with E-state index in [1.165, 1.54) is 11.6 Å². The largest absolute Gasteiger partial charge is 0.384 e. The molecule has 2 aromatic carbocycles. The van der Waals surface area contributed by atoms with Crippen molar-refractivity contribution in [3.8, 4) is 11.4 Å². The molecule has 4 nitrogen and oxygen atoms in total. The number of H-pyrrole nitrogens is 1. The Morgan fingerprint density at radius 2 is 1.84 bits per heavy atom. The second-order valence-corrected chi connectivity index (χ2v) is 7.77. The molecule has 0 radical (unpaired) electrons. The lowest BCUT2D eigenvalue weighted by atomic mass is 9.77. The van der Waals surface area contributed by atoms with E-state index in [0.717, 1.165) is 11.6 Å². The second-order valence-electron chi connectivity index (χ2n) is 7.77. The molecule has 0 spiro atoms. The maximum absolute atomic E-state index is 14.2. The number of nitrogens with zero attached hydrogens (tertiary/aromatic N) is 2. The van der Waals surface area contributed by atoms with E-state index in [4.69, 9.17) is 10.7 Å². The topological polar surface area (TPSA) is 67.6 Å². The van der Waals surface area contributed by atoms with Crippen molar-refractivity contribution in [2.75, 3.05) is 5.73 Å². The summed E-state index contributed by atoms with van der Waals surface area (Å²) in [6, 6.07) is 14.1. The third kappa shape index (κ3) is 3.40. The van der Waals surface area contributed by atoms with Gasteiger partial charge in [-0.15, -0.1) is 0 Å². The van der Waals surface area contributed by atoms with E-state index in [-0.39, 0.29) is 17.4 Å². The molecule has 1 aliphatic carbocycles. The number of allylic oxidation sites excluding steroid dienone is 4. The molecule has 0 saturated carbocycles. The number of anilines is 1. The van der Waals surface area contributed by atoms with Gasteiger partial charge in [0.25, 0.3) is 0 Å². The van der Waals surface area contributed by atoms with Gasteiger partial charge >= 0.3 is 0 Å². The van der Waals surface area contributed by atoms with Gasteiger partial charge in [0.2, 0.25) is 0 Å². The summed E-state index contributed by atoms with van der Waals surface area (Å²) in [7, 11) is 0. The van der Waals surface area contributed by atoms with Crippen LogP contribution in [0.5, 0.6) is 0 Å². The SMILES string of the molecule is CC1C=CC=C(c2cc(N)nc(-c3c[nH]c4c(F)cc(F)cc34)n2)C1c1ccccc1. The van der Waals surface area contributed by atoms with Gasteiger partial charge in [0.1, 0.15) is 17.5 Å². The van der Waals surface area contributed by atoms with E-state index in [1.807, 2.05) is 30.4 Å². The van der Waals surface area contributed by atoms with Gasteiger partial charge in [-0.3, -0.25) is 0 Å². The van der Waals surface area contributed by atoms with Gasteiger partial charge in [0, 0.05) is 35.2 Å². The molecule has 6 heteroatoms. The third-order valence-corrected chi connectivity index (χ3v) is 5.70. The van der Waals surface area contributed by atoms with Gasteiger partial charge < -0.3 is 10.7 Å². The molecule has 3 N–H and O–H groups in total. The van der Waals surface area contributed by atoms with Crippen molar-refractivity contribution in [2.45, 2.75) is 12.8 Å². The second kappa shape index (κ2) is 7.47. The molecule has 2 heterocycles. The number of benzene rings is 2. The summed E-state index contributed by atoms with van der Waals surface area (Å²) < 4.78 is 28.0. The molecule has 0 aliphatic heterocycles. The summed E-state index contributed by atoms with van der Waals surface area (Å²) in [4.78, 5) is 12.0. The Morgan fingerprint density at radius 3 is 2.65 bits per heavy atom. The Morgan fingerprint density at radius 1 is 1.03 bits per heavy atom. The summed E-state index contributed by atoms with van der Waals surface area (Å²) in [5, 5.41) is 0.375. The molecule has 2 atom stereocenters. The van der Waals surface area contributed by atoms with E-state index >= 15 is 0 Å². The highest BCUT2D eigenvalue weighted by molar-refractivity contribution is 5.94. The summed E-state index contributed by atoms with van der Waals surface area (Å²) in [5.74, 6) is -0.344. The van der Waals surface area contributed by atoms with Crippen molar-refractivity contribution in [1.82, 2.24) is 15.0 Å². The predicted octanol–water partition coefficient (Wildman–Crippen LogP) is 5.86. The van der Waals surface area contributed by atoms with Gasteiger partial charge in [-0.05, 0) is 23.1 Å². The fourth-order valence-electron chi connectivity index (χ4n) is 4.29. The predicted molar refractivity (Wildman–Crippen MR) is 119 cm³/mol. The van der Waals surface area contributed by atoms with E-state index in [2.05, 4.69) is 35.1 Å². The number of hydrogen-bond donors (Lipinski definition) is 2. The fraction of sp³-hybridized carbons (Fsp3) is 0.120. The van der Waals surface area contributed by atoms with Crippen molar-refractivity contribution in [1.29, 1.82) is 0 Å². The van der Waals surface area contributed by atoms with Crippen LogP contribution in [0, 0.1) is 17.6 Å². The van der Waals surface area contributed by atoms with Gasteiger partial charge in [-0.25, -0.2) is 18.7 Å². The number of nitrogens with two attached hydrogens (primary N) is 1. The number of rotatable bonds is 3. The lowest BCUT2D eigenvalue weighted by molar-refractivity contribution is 0.591. The third-order valence-electron chi connectivity index (χ3n) is 5.70. The van der Waals surface area contributed by atoms with E-state index in [9.17, 15) is 8.78 Å². The van der Waals surface area contributed by atoms with Gasteiger partial charge in [-0.2, -0.15) is 0 Å². The summed E-state index contributed by atoms with van der Waals surface area (Å²) in [6.07, 6.45) is 7.81. The lowest BCUT2D eigenvalue weighted by Gasteiger charge is -2.27. The first-order valence-electron chi connectivity index (χ1n) is 10.1. The number of fused-ring (bicyclic) bond motifs is 1. The Hall–Kier alpha value is -3.80. The number of nitrogens with one attached hydrogen (secondary N) is 1. The quantitative estimate of drug-likeness (QED) is 0.441. The number of aromatic nitrogens is 3. The zero-order valence-electron chi connectivity index (χ0n) is 16.8. The van der Waals surface area contributed by atoms with Crippen LogP contribution >= 0.6 is 0 Å². The first-order chi connectivity index (χ1) is 15.0. The summed E-state index contributed by atoms with van der Waals surface area (Å²) >= 11 is 0. The Balaban J connectivity index is 1.66. The Bertz CT molecular complexity index is 1340. The lowest BCUT2D eigenvalue weighted by Crippen LogP contribution is -2.14. The maximum Gasteiger partial charge on any atom is 0.164 e. The van der Waals surface area contributed by atoms with Crippen LogP contribution in [0.1, 0.15) is 24.1 Å². The molecular formula is C25H20F2N4. The van der Waals surface area contributed by atoms with Crippen LogP contribution in [-0.4, -0.2) is 15.0 Å². The first-order valence-corrected chi connectivity index (χ1v) is 10.1. The first kappa shape index (κ1) is 19.2. The highest BCUT2D eigenvalue weighted by Gasteiger charge is 2.26. The molecule has 1 aliphatic rings. The van der Waals surface area contributed by atoms with Crippen molar-refractivity contribution in [2.24, 2.45) is 5.92 Å². The molecule has 2 aromatic heterocycles. The Kier molecular flexibility index (Phi) is 4.62. The zero-order chi connectivity index (χ0) is 21.5. The van der Waals surface area contributed by atoms with Gasteiger partial charge in [0.05, 0.1) is 11.2 Å². The monoisotopic (exact) mass is 414 g/mol. The van der Waals surface area contributed by atoms with Crippen molar-refractivity contribution in [3.05, 3.63) is 95.8 Å². The van der Waals surface area contributed by atoms with Gasteiger partial charge in [-0.1, -0.05) is 55.5 Å². The average molecular weight is 414 g/mol. The number of halogens is 2. The number of nitrogen functional groups attached to an aromatic ring is 1. The van der Waals surface area contributed by atoms with Crippen molar-refractivity contribution in [3.63, 3.8) is 0 Å². The van der Waals surface area contributed by atoms with Crippen LogP contribution in [0.25, 0.3) is 27.9 Å². The van der Waals surface area contributed by atoms with Crippen LogP contribution in [0.4, 0.5) is 14.6 Å². The minimum atomic E-state index is -0.663. The molecular weight excluding hydrogens is 394 g/mol.